The maximum Gasteiger partial charge on any atom is 0.238 e. The van der Waals surface area contributed by atoms with Crippen LogP contribution in [0.25, 0.3) is 0 Å². The Labute approximate surface area is 111 Å². The molecule has 4 atom stereocenters. The maximum atomic E-state index is 12.6. The minimum Gasteiger partial charge on any atom is -0.274 e. The van der Waals surface area contributed by atoms with Gasteiger partial charge in [-0.05, 0) is 42.9 Å². The third kappa shape index (κ3) is 1.33. The molecule has 2 amide bonds. The number of nitrogens with zero attached hydrogens (tertiary/aromatic N) is 1. The number of imide groups is 1. The number of anilines is 1. The van der Waals surface area contributed by atoms with Crippen LogP contribution in [0.15, 0.2) is 36.4 Å². The van der Waals surface area contributed by atoms with E-state index in [4.69, 9.17) is 0 Å². The van der Waals surface area contributed by atoms with E-state index in [-0.39, 0.29) is 35.5 Å². The maximum absolute atomic E-state index is 12.6. The Bertz CT molecular complexity index is 589. The number of carbonyl (C=O) groups excluding carboxylic acids is 2. The predicted octanol–water partition coefficient (Wildman–Crippen LogP) is 2.31. The standard InChI is InChI=1S/C16H15NO2/c1-9-3-2-4-12(7-9)17-15(18)13-10-5-6-11(8-10)14(13)16(17)19/h2-7,10-11,13-14H,8H2,1H3/t10-,11-,13-,14+/m0/s1. The highest BCUT2D eigenvalue weighted by atomic mass is 16.2. The number of aryl methyl sites for hydroxylation is 1. The van der Waals surface area contributed by atoms with Crippen molar-refractivity contribution in [2.24, 2.45) is 23.7 Å². The highest BCUT2D eigenvalue weighted by Gasteiger charge is 2.59. The molecule has 1 aromatic carbocycles. The van der Waals surface area contributed by atoms with E-state index in [1.54, 1.807) is 0 Å². The fourth-order valence-electron chi connectivity index (χ4n) is 3.92. The summed E-state index contributed by atoms with van der Waals surface area (Å²) in [5, 5.41) is 0. The second-order valence-electron chi connectivity index (χ2n) is 5.85. The molecular formula is C16H15NO2. The van der Waals surface area contributed by atoms with E-state index in [0.29, 0.717) is 0 Å². The third-order valence-corrected chi connectivity index (χ3v) is 4.73. The number of hydrogen-bond donors (Lipinski definition) is 0. The van der Waals surface area contributed by atoms with Crippen molar-refractivity contribution >= 4 is 17.5 Å². The summed E-state index contributed by atoms with van der Waals surface area (Å²) in [5.74, 6) is 0.337. The molecule has 0 N–H and O–H groups in total. The highest BCUT2D eigenvalue weighted by molar-refractivity contribution is 6.22. The molecule has 1 saturated heterocycles. The first kappa shape index (κ1) is 11.0. The predicted molar refractivity (Wildman–Crippen MR) is 71.4 cm³/mol. The zero-order valence-electron chi connectivity index (χ0n) is 10.7. The number of hydrogen-bond acceptors (Lipinski definition) is 2. The minimum absolute atomic E-state index is 0.00236. The van der Waals surface area contributed by atoms with E-state index in [1.165, 1.54) is 4.90 Å². The van der Waals surface area contributed by atoms with Gasteiger partial charge in [-0.1, -0.05) is 24.3 Å². The molecule has 0 unspecified atom stereocenters. The van der Waals surface area contributed by atoms with Crippen molar-refractivity contribution in [1.29, 1.82) is 0 Å². The van der Waals surface area contributed by atoms with Crippen LogP contribution in [-0.4, -0.2) is 11.8 Å². The normalized spacial score (nSPS) is 35.3. The first-order valence-corrected chi connectivity index (χ1v) is 6.79. The molecule has 1 aromatic rings. The Morgan fingerprint density at radius 2 is 1.68 bits per heavy atom. The smallest absolute Gasteiger partial charge is 0.238 e. The largest absolute Gasteiger partial charge is 0.274 e. The molecule has 0 aromatic heterocycles. The van der Waals surface area contributed by atoms with E-state index in [9.17, 15) is 9.59 Å². The SMILES string of the molecule is Cc1cccc(N2C(=O)[C@@H]3[C@H](C2=O)[C@H]2C=C[C@H]3C2)c1. The molecule has 1 heterocycles. The quantitative estimate of drug-likeness (QED) is 0.569. The third-order valence-electron chi connectivity index (χ3n) is 4.73. The molecule has 3 heteroatoms. The fraction of sp³-hybridized carbons (Fsp3) is 0.375. The van der Waals surface area contributed by atoms with Gasteiger partial charge in [-0.3, -0.25) is 14.5 Å². The Hall–Kier alpha value is -1.90. The summed E-state index contributed by atoms with van der Waals surface area (Å²) in [4.78, 5) is 26.6. The lowest BCUT2D eigenvalue weighted by molar-refractivity contribution is -0.123. The van der Waals surface area contributed by atoms with Crippen LogP contribution in [0.4, 0.5) is 5.69 Å². The molecule has 96 valence electrons. The van der Waals surface area contributed by atoms with E-state index in [0.717, 1.165) is 17.7 Å². The van der Waals surface area contributed by atoms with Crippen LogP contribution in [-0.2, 0) is 9.59 Å². The Kier molecular flexibility index (Phi) is 2.06. The summed E-state index contributed by atoms with van der Waals surface area (Å²) < 4.78 is 0. The van der Waals surface area contributed by atoms with Gasteiger partial charge >= 0.3 is 0 Å². The van der Waals surface area contributed by atoms with Crippen LogP contribution in [0.5, 0.6) is 0 Å². The van der Waals surface area contributed by atoms with Crippen molar-refractivity contribution in [3.63, 3.8) is 0 Å². The monoisotopic (exact) mass is 253 g/mol. The van der Waals surface area contributed by atoms with Crippen LogP contribution in [0.1, 0.15) is 12.0 Å². The topological polar surface area (TPSA) is 37.4 Å². The molecule has 2 aliphatic carbocycles. The summed E-state index contributed by atoms with van der Waals surface area (Å²) in [7, 11) is 0. The molecule has 19 heavy (non-hydrogen) atoms. The Morgan fingerprint density at radius 3 is 2.26 bits per heavy atom. The van der Waals surface area contributed by atoms with Crippen LogP contribution < -0.4 is 4.90 Å². The molecule has 2 bridgehead atoms. The van der Waals surface area contributed by atoms with Crippen LogP contribution >= 0.6 is 0 Å². The van der Waals surface area contributed by atoms with Gasteiger partial charge in [0.1, 0.15) is 0 Å². The number of fused-ring (bicyclic) bond motifs is 5. The molecule has 3 aliphatic rings. The summed E-state index contributed by atoms with van der Waals surface area (Å²) in [6, 6.07) is 7.62. The lowest BCUT2D eigenvalue weighted by Gasteiger charge is -2.17. The second-order valence-corrected chi connectivity index (χ2v) is 5.85. The number of benzene rings is 1. The van der Waals surface area contributed by atoms with Crippen molar-refractivity contribution in [3.05, 3.63) is 42.0 Å². The number of allylic oxidation sites excluding steroid dienone is 2. The molecule has 4 rings (SSSR count). The van der Waals surface area contributed by atoms with Gasteiger partial charge in [-0.25, -0.2) is 0 Å². The molecule has 0 spiro atoms. The van der Waals surface area contributed by atoms with Gasteiger partial charge < -0.3 is 0 Å². The summed E-state index contributed by atoms with van der Waals surface area (Å²) in [6.07, 6.45) is 5.22. The second kappa shape index (κ2) is 3.56. The van der Waals surface area contributed by atoms with Crippen molar-refractivity contribution in [3.8, 4) is 0 Å². The number of amides is 2. The zero-order valence-corrected chi connectivity index (χ0v) is 10.7. The van der Waals surface area contributed by atoms with Gasteiger partial charge in [0.05, 0.1) is 17.5 Å². The van der Waals surface area contributed by atoms with Gasteiger partial charge in [0.25, 0.3) is 0 Å². The summed E-state index contributed by atoms with van der Waals surface area (Å²) >= 11 is 0. The average Bonchev–Trinajstić information content (AvgIpc) is 3.04. The molecule has 3 nitrogen and oxygen atoms in total. The fourth-order valence-corrected chi connectivity index (χ4v) is 3.92. The average molecular weight is 253 g/mol. The number of carbonyl (C=O) groups is 2. The lowest BCUT2D eigenvalue weighted by Crippen LogP contribution is -2.32. The van der Waals surface area contributed by atoms with E-state index in [2.05, 4.69) is 12.2 Å². The van der Waals surface area contributed by atoms with Crippen LogP contribution in [0.2, 0.25) is 0 Å². The van der Waals surface area contributed by atoms with E-state index < -0.39 is 0 Å². The molecule has 0 radical (unpaired) electrons. The lowest BCUT2D eigenvalue weighted by atomic mass is 9.85. The van der Waals surface area contributed by atoms with Crippen molar-refractivity contribution in [2.45, 2.75) is 13.3 Å². The molecule has 2 fully saturated rings. The van der Waals surface area contributed by atoms with Crippen LogP contribution in [0, 0.1) is 30.6 Å². The summed E-state index contributed by atoms with van der Waals surface area (Å²) in [5.41, 5.74) is 1.79. The van der Waals surface area contributed by atoms with Gasteiger partial charge in [-0.2, -0.15) is 0 Å². The minimum atomic E-state index is -0.108. The van der Waals surface area contributed by atoms with E-state index in [1.807, 2.05) is 31.2 Å². The Morgan fingerprint density at radius 1 is 1.05 bits per heavy atom. The first-order chi connectivity index (χ1) is 9.16. The van der Waals surface area contributed by atoms with Crippen LogP contribution in [0.3, 0.4) is 0 Å². The van der Waals surface area contributed by atoms with Gasteiger partial charge in [0, 0.05) is 0 Å². The molecule has 1 aliphatic heterocycles. The molecule has 1 saturated carbocycles. The highest BCUT2D eigenvalue weighted by Crippen LogP contribution is 2.53. The van der Waals surface area contributed by atoms with Gasteiger partial charge in [-0.15, -0.1) is 0 Å². The van der Waals surface area contributed by atoms with Crippen molar-refractivity contribution < 1.29 is 9.59 Å². The number of rotatable bonds is 1. The van der Waals surface area contributed by atoms with Crippen molar-refractivity contribution in [2.75, 3.05) is 4.90 Å². The summed E-state index contributed by atoms with van der Waals surface area (Å²) in [6.45, 7) is 1.97. The van der Waals surface area contributed by atoms with Crippen molar-refractivity contribution in [1.82, 2.24) is 0 Å². The first-order valence-electron chi connectivity index (χ1n) is 6.79. The van der Waals surface area contributed by atoms with E-state index >= 15 is 0 Å². The zero-order chi connectivity index (χ0) is 13.1. The Balaban J connectivity index is 1.77. The molecular weight excluding hydrogens is 238 g/mol. The van der Waals surface area contributed by atoms with Gasteiger partial charge in [0.2, 0.25) is 11.8 Å². The van der Waals surface area contributed by atoms with Gasteiger partial charge in [0.15, 0.2) is 0 Å².